The zero-order valence-electron chi connectivity index (χ0n) is 31.7. The lowest BCUT2D eigenvalue weighted by Gasteiger charge is -2.47. The summed E-state index contributed by atoms with van der Waals surface area (Å²) in [6.07, 6.45) is 9.49. The molecular formula is C52H44BNS. The van der Waals surface area contributed by atoms with E-state index < -0.39 is 0 Å². The van der Waals surface area contributed by atoms with Crippen LogP contribution in [0.5, 0.6) is 0 Å². The lowest BCUT2D eigenvalue weighted by molar-refractivity contribution is 0.229. The van der Waals surface area contributed by atoms with Crippen molar-refractivity contribution in [3.8, 4) is 22.3 Å². The standard InChI is InChI=1S/C52H44BNS/c1-51(2)43-25-37(33-11-7-4-8-12-33)16-19-45(43)53-48-44(51)26-40(52-28-31-21-38(29-52)39(22-31)30-52)27-46(48)54(41-18-15-34-13-14-35(34)23-41)49-42-24-36(32-9-5-3-6-10-32)17-20-47(42)55-50(49)53/h3-12,15-20,23-27,31,38-39H,13-14,21-22,28-30H2,1-2H3. The van der Waals surface area contributed by atoms with Gasteiger partial charge < -0.3 is 4.90 Å². The molecule has 0 radical (unpaired) electrons. The van der Waals surface area contributed by atoms with E-state index >= 15 is 0 Å². The maximum absolute atomic E-state index is 2.76. The van der Waals surface area contributed by atoms with E-state index in [4.69, 9.17) is 0 Å². The fourth-order valence-corrected chi connectivity index (χ4v) is 14.2. The van der Waals surface area contributed by atoms with Crippen LogP contribution >= 0.6 is 11.3 Å². The Morgan fingerprint density at radius 3 is 2.04 bits per heavy atom. The van der Waals surface area contributed by atoms with E-state index in [2.05, 4.69) is 146 Å². The fraction of sp³-hybridized carbons (Fsp3) is 0.269. The van der Waals surface area contributed by atoms with Crippen LogP contribution in [0.1, 0.15) is 73.8 Å². The van der Waals surface area contributed by atoms with Crippen molar-refractivity contribution >= 4 is 60.9 Å². The molecule has 7 aliphatic rings. The molecule has 5 aliphatic carbocycles. The number of nitrogens with zero attached hydrogens (tertiary/aromatic N) is 1. The normalized spacial score (nSPS) is 24.4. The Kier molecular flexibility index (Phi) is 6.23. The molecule has 0 spiro atoms. The maximum atomic E-state index is 2.76. The van der Waals surface area contributed by atoms with Gasteiger partial charge in [0.25, 0.3) is 6.71 Å². The molecule has 2 aliphatic heterocycles. The molecule has 3 heterocycles. The highest BCUT2D eigenvalue weighted by atomic mass is 32.1. The third-order valence-corrected chi connectivity index (χ3v) is 16.7. The molecule has 14 rings (SSSR count). The van der Waals surface area contributed by atoms with Crippen molar-refractivity contribution in [1.82, 2.24) is 0 Å². The maximum Gasteiger partial charge on any atom is 0.260 e. The number of aryl methyl sites for hydroxylation is 2. The number of hydrogen-bond donors (Lipinski definition) is 0. The van der Waals surface area contributed by atoms with E-state index in [-0.39, 0.29) is 12.1 Å². The SMILES string of the molecule is CC1(C)c2cc(-c3ccccc3)ccc2B2c3sc4ccc(-c5ccccc5)cc4c3N(c3ccc4c(c3)CC4)c3cc(C45CC6CC(C4)C(C6)C5)cc1c32. The molecule has 6 aromatic carbocycles. The second-order valence-electron chi connectivity index (χ2n) is 18.6. The third kappa shape index (κ3) is 4.26. The molecule has 1 nitrogen and oxygen atoms in total. The predicted molar refractivity (Wildman–Crippen MR) is 233 cm³/mol. The van der Waals surface area contributed by atoms with Gasteiger partial charge in [-0.15, -0.1) is 11.3 Å². The quantitative estimate of drug-likeness (QED) is 0.163. The van der Waals surface area contributed by atoms with Gasteiger partial charge in [-0.2, -0.15) is 0 Å². The van der Waals surface area contributed by atoms with Crippen LogP contribution in [-0.4, -0.2) is 6.71 Å². The van der Waals surface area contributed by atoms with Crippen LogP contribution in [0.15, 0.2) is 127 Å². The van der Waals surface area contributed by atoms with Crippen LogP contribution in [0.4, 0.5) is 17.1 Å². The molecule has 2 unspecified atom stereocenters. The van der Waals surface area contributed by atoms with Gasteiger partial charge in [-0.3, -0.25) is 0 Å². The minimum absolute atomic E-state index is 0.149. The molecule has 4 saturated carbocycles. The largest absolute Gasteiger partial charge is 0.310 e. The molecule has 1 aromatic heterocycles. The monoisotopic (exact) mass is 725 g/mol. The van der Waals surface area contributed by atoms with Crippen LogP contribution in [0, 0.1) is 17.8 Å². The van der Waals surface area contributed by atoms with Crippen molar-refractivity contribution in [3.63, 3.8) is 0 Å². The molecule has 7 aromatic rings. The van der Waals surface area contributed by atoms with E-state index in [0.29, 0.717) is 5.41 Å². The van der Waals surface area contributed by atoms with Gasteiger partial charge in [-0.05, 0) is 154 Å². The van der Waals surface area contributed by atoms with E-state index in [1.165, 1.54) is 121 Å². The molecule has 4 bridgehead atoms. The summed E-state index contributed by atoms with van der Waals surface area (Å²) in [5, 5.41) is 1.38. The molecule has 0 N–H and O–H groups in total. The smallest absolute Gasteiger partial charge is 0.260 e. The summed E-state index contributed by atoms with van der Waals surface area (Å²) in [5.41, 5.74) is 20.3. The summed E-state index contributed by atoms with van der Waals surface area (Å²) in [6, 6.07) is 49.7. The van der Waals surface area contributed by atoms with Gasteiger partial charge >= 0.3 is 0 Å². The summed E-state index contributed by atoms with van der Waals surface area (Å²) in [6.45, 7) is 5.26. The second kappa shape index (κ2) is 10.9. The fourth-order valence-electron chi connectivity index (χ4n) is 12.9. The van der Waals surface area contributed by atoms with Crippen molar-refractivity contribution in [3.05, 3.63) is 155 Å². The Labute approximate surface area is 329 Å². The van der Waals surface area contributed by atoms with Gasteiger partial charge in [0, 0.05) is 31.7 Å². The third-order valence-electron chi connectivity index (χ3n) is 15.4. The lowest BCUT2D eigenvalue weighted by Crippen LogP contribution is -2.63. The van der Waals surface area contributed by atoms with Gasteiger partial charge in [0.05, 0.1) is 5.69 Å². The molecule has 3 heteroatoms. The average molecular weight is 726 g/mol. The van der Waals surface area contributed by atoms with Gasteiger partial charge in [0.1, 0.15) is 0 Å². The van der Waals surface area contributed by atoms with Gasteiger partial charge in [0.2, 0.25) is 0 Å². The Morgan fingerprint density at radius 2 is 1.35 bits per heavy atom. The molecule has 0 saturated heterocycles. The highest BCUT2D eigenvalue weighted by Gasteiger charge is 2.57. The van der Waals surface area contributed by atoms with Crippen LogP contribution < -0.4 is 20.6 Å². The zero-order chi connectivity index (χ0) is 36.2. The Morgan fingerprint density at radius 1 is 0.636 bits per heavy atom. The summed E-state index contributed by atoms with van der Waals surface area (Å²) >= 11 is 2.03. The predicted octanol–water partition coefficient (Wildman–Crippen LogP) is 11.4. The number of fused-ring (bicyclic) bond motifs is 7. The zero-order valence-corrected chi connectivity index (χ0v) is 32.6. The first-order valence-corrected chi connectivity index (χ1v) is 21.7. The molecule has 4 fully saturated rings. The van der Waals surface area contributed by atoms with E-state index in [0.717, 1.165) is 17.8 Å². The van der Waals surface area contributed by atoms with Gasteiger partial charge in [-0.25, -0.2) is 0 Å². The second-order valence-corrected chi connectivity index (χ2v) is 19.7. The topological polar surface area (TPSA) is 3.24 Å². The number of hydrogen-bond acceptors (Lipinski definition) is 2. The summed E-state index contributed by atoms with van der Waals surface area (Å²) in [7, 11) is 0. The van der Waals surface area contributed by atoms with Gasteiger partial charge in [0.15, 0.2) is 0 Å². The van der Waals surface area contributed by atoms with Crippen LogP contribution in [0.25, 0.3) is 32.3 Å². The molecular weight excluding hydrogens is 681 g/mol. The number of benzene rings is 6. The van der Waals surface area contributed by atoms with E-state index in [1.54, 1.807) is 16.6 Å². The molecule has 0 amide bonds. The van der Waals surface area contributed by atoms with Crippen LogP contribution in [-0.2, 0) is 23.7 Å². The minimum atomic E-state index is -0.149. The number of anilines is 3. The first kappa shape index (κ1) is 31.4. The Hall–Kier alpha value is -4.86. The summed E-state index contributed by atoms with van der Waals surface area (Å²) < 4.78 is 2.87. The van der Waals surface area contributed by atoms with Crippen molar-refractivity contribution in [2.24, 2.45) is 17.8 Å². The molecule has 55 heavy (non-hydrogen) atoms. The average Bonchev–Trinajstić information content (AvgIpc) is 3.81. The van der Waals surface area contributed by atoms with Crippen molar-refractivity contribution in [2.75, 3.05) is 4.90 Å². The van der Waals surface area contributed by atoms with Crippen LogP contribution in [0.2, 0.25) is 0 Å². The van der Waals surface area contributed by atoms with Crippen LogP contribution in [0.3, 0.4) is 0 Å². The highest BCUT2D eigenvalue weighted by molar-refractivity contribution is 7.33. The number of rotatable bonds is 4. The van der Waals surface area contributed by atoms with Gasteiger partial charge in [-0.1, -0.05) is 116 Å². The summed E-state index contributed by atoms with van der Waals surface area (Å²) in [4.78, 5) is 2.76. The van der Waals surface area contributed by atoms with Crippen molar-refractivity contribution < 1.29 is 0 Å². The Balaban J connectivity index is 1.12. The number of thiophene rings is 1. The van der Waals surface area contributed by atoms with E-state index in [9.17, 15) is 0 Å². The van der Waals surface area contributed by atoms with E-state index in [1.807, 2.05) is 11.3 Å². The molecule has 2 atom stereocenters. The van der Waals surface area contributed by atoms with Crippen molar-refractivity contribution in [1.29, 1.82) is 0 Å². The minimum Gasteiger partial charge on any atom is -0.310 e. The highest BCUT2D eigenvalue weighted by Crippen LogP contribution is 2.65. The van der Waals surface area contributed by atoms with Crippen molar-refractivity contribution in [2.45, 2.75) is 69.6 Å². The lowest BCUT2D eigenvalue weighted by atomic mass is 9.32. The first-order chi connectivity index (χ1) is 26.9. The summed E-state index contributed by atoms with van der Waals surface area (Å²) in [5.74, 6) is 2.76. The molecule has 266 valence electrons. The first-order valence-electron chi connectivity index (χ1n) is 20.8. The Bertz CT molecular complexity index is 2740.